The third-order valence-electron chi connectivity index (χ3n) is 3.57. The standard InChI is InChI=1S/C15H21N3O2/c1-3-5-15(18(19)20)7-6-14(4-2)17-10-8-13(12-16)9-11-17/h3-5,7,13-14H,2,6,8-11H2,1H3/b5-3+,15-7+. The minimum atomic E-state index is -0.373. The molecule has 0 aromatic rings. The van der Waals surface area contributed by atoms with Gasteiger partial charge in [-0.15, -0.1) is 6.58 Å². The molecule has 1 saturated heterocycles. The molecule has 0 bridgehead atoms. The maximum absolute atomic E-state index is 10.9. The van der Waals surface area contributed by atoms with Crippen molar-refractivity contribution in [1.82, 2.24) is 4.90 Å². The molecule has 1 unspecified atom stereocenters. The van der Waals surface area contributed by atoms with Gasteiger partial charge in [-0.1, -0.05) is 12.2 Å². The quantitative estimate of drug-likeness (QED) is 0.323. The van der Waals surface area contributed by atoms with Gasteiger partial charge in [-0.25, -0.2) is 0 Å². The number of nitrogens with zero attached hydrogens (tertiary/aromatic N) is 3. The summed E-state index contributed by atoms with van der Waals surface area (Å²) in [5.41, 5.74) is 0.117. The molecule has 1 aliphatic heterocycles. The van der Waals surface area contributed by atoms with E-state index in [1.54, 1.807) is 19.1 Å². The van der Waals surface area contributed by atoms with Crippen LogP contribution in [0.2, 0.25) is 0 Å². The average molecular weight is 275 g/mol. The van der Waals surface area contributed by atoms with E-state index >= 15 is 0 Å². The van der Waals surface area contributed by atoms with Gasteiger partial charge in [-0.05, 0) is 45.4 Å². The molecule has 0 aliphatic carbocycles. The Hall–Kier alpha value is -1.93. The lowest BCUT2D eigenvalue weighted by molar-refractivity contribution is -0.419. The molecule has 5 nitrogen and oxygen atoms in total. The predicted molar refractivity (Wildman–Crippen MR) is 78.4 cm³/mol. The fraction of sp³-hybridized carbons (Fsp3) is 0.533. The van der Waals surface area contributed by atoms with Crippen molar-refractivity contribution in [2.45, 2.75) is 32.2 Å². The summed E-state index contributed by atoms with van der Waals surface area (Å²) in [5.74, 6) is 0.143. The molecule has 108 valence electrons. The fourth-order valence-corrected chi connectivity index (χ4v) is 2.37. The van der Waals surface area contributed by atoms with Crippen molar-refractivity contribution in [2.75, 3.05) is 13.1 Å². The molecule has 0 spiro atoms. The van der Waals surface area contributed by atoms with E-state index in [-0.39, 0.29) is 22.6 Å². The van der Waals surface area contributed by atoms with Gasteiger partial charge in [0.2, 0.25) is 0 Å². The Morgan fingerprint density at radius 2 is 2.25 bits per heavy atom. The van der Waals surface area contributed by atoms with Gasteiger partial charge < -0.3 is 0 Å². The second kappa shape index (κ2) is 8.28. The molecule has 0 aromatic heterocycles. The minimum Gasteiger partial charge on any atom is -0.297 e. The number of hydrogen-bond acceptors (Lipinski definition) is 4. The Kier molecular flexibility index (Phi) is 6.68. The highest BCUT2D eigenvalue weighted by Crippen LogP contribution is 2.20. The molecule has 1 atom stereocenters. The van der Waals surface area contributed by atoms with Crippen molar-refractivity contribution in [1.29, 1.82) is 5.26 Å². The smallest absolute Gasteiger partial charge is 0.265 e. The van der Waals surface area contributed by atoms with Crippen LogP contribution in [0.3, 0.4) is 0 Å². The van der Waals surface area contributed by atoms with Crippen LogP contribution in [-0.4, -0.2) is 29.0 Å². The van der Waals surface area contributed by atoms with Crippen LogP contribution < -0.4 is 0 Å². The van der Waals surface area contributed by atoms with Gasteiger partial charge in [0.15, 0.2) is 0 Å². The third-order valence-corrected chi connectivity index (χ3v) is 3.57. The lowest BCUT2D eigenvalue weighted by atomic mass is 9.96. The van der Waals surface area contributed by atoms with Gasteiger partial charge in [0.25, 0.3) is 5.70 Å². The molecular formula is C15H21N3O2. The Morgan fingerprint density at radius 3 is 2.70 bits per heavy atom. The summed E-state index contributed by atoms with van der Waals surface area (Å²) >= 11 is 0. The zero-order valence-electron chi connectivity index (χ0n) is 11.9. The van der Waals surface area contributed by atoms with Crippen LogP contribution in [-0.2, 0) is 0 Å². The molecule has 0 saturated carbocycles. The van der Waals surface area contributed by atoms with Crippen LogP contribution in [0.1, 0.15) is 26.2 Å². The van der Waals surface area contributed by atoms with Gasteiger partial charge in [0.05, 0.1) is 11.0 Å². The number of hydrogen-bond donors (Lipinski definition) is 0. The first kappa shape index (κ1) is 16.1. The molecule has 5 heteroatoms. The van der Waals surface area contributed by atoms with Gasteiger partial charge in [0, 0.05) is 18.0 Å². The summed E-state index contributed by atoms with van der Waals surface area (Å²) in [6, 6.07) is 2.39. The highest BCUT2D eigenvalue weighted by atomic mass is 16.6. The van der Waals surface area contributed by atoms with Crippen LogP contribution in [0.15, 0.2) is 36.6 Å². The Bertz CT molecular complexity index is 441. The number of nitriles is 1. The van der Waals surface area contributed by atoms with E-state index in [0.717, 1.165) is 25.9 Å². The molecule has 1 fully saturated rings. The van der Waals surface area contributed by atoms with Crippen molar-refractivity contribution in [3.05, 3.63) is 46.7 Å². The van der Waals surface area contributed by atoms with Crippen molar-refractivity contribution in [3.63, 3.8) is 0 Å². The lowest BCUT2D eigenvalue weighted by Crippen LogP contribution is -2.40. The maximum atomic E-state index is 10.9. The summed E-state index contributed by atoms with van der Waals surface area (Å²) in [4.78, 5) is 12.7. The van der Waals surface area contributed by atoms with Crippen molar-refractivity contribution in [2.24, 2.45) is 5.92 Å². The summed E-state index contributed by atoms with van der Waals surface area (Å²) in [7, 11) is 0. The minimum absolute atomic E-state index is 0.0925. The monoisotopic (exact) mass is 275 g/mol. The largest absolute Gasteiger partial charge is 0.297 e. The van der Waals surface area contributed by atoms with Crippen molar-refractivity contribution >= 4 is 0 Å². The van der Waals surface area contributed by atoms with Crippen LogP contribution in [0, 0.1) is 27.4 Å². The van der Waals surface area contributed by atoms with Crippen LogP contribution in [0.4, 0.5) is 0 Å². The SMILES string of the molecule is C=CC(C/C=C(\C=C\C)[N+](=O)[O-])N1CCC(C#N)CC1. The van der Waals surface area contributed by atoms with E-state index in [1.807, 2.05) is 6.08 Å². The topological polar surface area (TPSA) is 70.2 Å². The van der Waals surface area contributed by atoms with E-state index in [2.05, 4.69) is 17.5 Å². The normalized spacial score (nSPS) is 19.7. The molecule has 0 amide bonds. The molecule has 1 rings (SSSR count). The van der Waals surface area contributed by atoms with Crippen molar-refractivity contribution < 1.29 is 4.92 Å². The van der Waals surface area contributed by atoms with E-state index in [4.69, 9.17) is 5.26 Å². The van der Waals surface area contributed by atoms with Crippen LogP contribution in [0.25, 0.3) is 0 Å². The van der Waals surface area contributed by atoms with Gasteiger partial charge in [-0.2, -0.15) is 5.26 Å². The first-order chi connectivity index (χ1) is 9.62. The van der Waals surface area contributed by atoms with E-state index < -0.39 is 0 Å². The van der Waals surface area contributed by atoms with E-state index in [9.17, 15) is 10.1 Å². The highest BCUT2D eigenvalue weighted by molar-refractivity contribution is 5.11. The highest BCUT2D eigenvalue weighted by Gasteiger charge is 2.23. The van der Waals surface area contributed by atoms with E-state index in [1.165, 1.54) is 6.08 Å². The Labute approximate surface area is 120 Å². The lowest BCUT2D eigenvalue weighted by Gasteiger charge is -2.33. The summed E-state index contributed by atoms with van der Waals surface area (Å²) in [6.07, 6.45) is 8.93. The Morgan fingerprint density at radius 1 is 1.60 bits per heavy atom. The fourth-order valence-electron chi connectivity index (χ4n) is 2.37. The number of likely N-dealkylation sites (tertiary alicyclic amines) is 1. The van der Waals surface area contributed by atoms with Crippen LogP contribution in [0.5, 0.6) is 0 Å². The first-order valence-electron chi connectivity index (χ1n) is 6.85. The predicted octanol–water partition coefficient (Wildman–Crippen LogP) is 2.90. The first-order valence-corrected chi connectivity index (χ1v) is 6.85. The second-order valence-corrected chi connectivity index (χ2v) is 4.86. The van der Waals surface area contributed by atoms with Gasteiger partial charge >= 0.3 is 0 Å². The molecular weight excluding hydrogens is 254 g/mol. The van der Waals surface area contributed by atoms with E-state index in [0.29, 0.717) is 6.42 Å². The maximum Gasteiger partial charge on any atom is 0.265 e. The van der Waals surface area contributed by atoms with Gasteiger partial charge in [0.1, 0.15) is 0 Å². The number of piperidine rings is 1. The van der Waals surface area contributed by atoms with Crippen LogP contribution >= 0.6 is 0 Å². The molecule has 0 radical (unpaired) electrons. The zero-order valence-corrected chi connectivity index (χ0v) is 11.9. The Balaban J connectivity index is 2.64. The molecule has 0 aromatic carbocycles. The molecule has 0 N–H and O–H groups in total. The zero-order chi connectivity index (χ0) is 15.0. The molecule has 20 heavy (non-hydrogen) atoms. The van der Waals surface area contributed by atoms with Crippen molar-refractivity contribution in [3.8, 4) is 6.07 Å². The molecule has 1 aliphatic rings. The molecule has 1 heterocycles. The third kappa shape index (κ3) is 4.63. The summed E-state index contributed by atoms with van der Waals surface area (Å²) < 4.78 is 0. The summed E-state index contributed by atoms with van der Waals surface area (Å²) in [6.45, 7) is 7.27. The number of nitro groups is 1. The summed E-state index contributed by atoms with van der Waals surface area (Å²) in [5, 5.41) is 19.7. The van der Waals surface area contributed by atoms with Gasteiger partial charge in [-0.3, -0.25) is 15.0 Å². The average Bonchev–Trinajstić information content (AvgIpc) is 2.47. The number of rotatable bonds is 6. The second-order valence-electron chi connectivity index (χ2n) is 4.86. The number of allylic oxidation sites excluding steroid dienone is 2.